The maximum Gasteiger partial charge on any atom is 0.260 e. The van der Waals surface area contributed by atoms with Gasteiger partial charge in [0, 0.05) is 19.3 Å². The van der Waals surface area contributed by atoms with Gasteiger partial charge in [-0.1, -0.05) is 0 Å². The smallest absolute Gasteiger partial charge is 0.260 e. The molecule has 0 aliphatic carbocycles. The minimum atomic E-state index is -0.532. The van der Waals surface area contributed by atoms with E-state index in [0.29, 0.717) is 21.9 Å². The lowest BCUT2D eigenvalue weighted by molar-refractivity contribution is 0.100. The van der Waals surface area contributed by atoms with Crippen LogP contribution in [0.15, 0.2) is 12.3 Å². The largest absolute Gasteiger partial charge is 0.397 e. The highest BCUT2D eigenvalue weighted by atomic mass is 32.1. The Morgan fingerprint density at radius 2 is 2.35 bits per heavy atom. The third kappa shape index (κ3) is 2.08. The van der Waals surface area contributed by atoms with Crippen LogP contribution >= 0.6 is 11.3 Å². The van der Waals surface area contributed by atoms with Gasteiger partial charge >= 0.3 is 0 Å². The second-order valence-electron chi connectivity index (χ2n) is 4.96. The van der Waals surface area contributed by atoms with Gasteiger partial charge in [0.2, 0.25) is 0 Å². The lowest BCUT2D eigenvalue weighted by atomic mass is 10.1. The number of aromatic nitrogens is 1. The van der Waals surface area contributed by atoms with E-state index < -0.39 is 5.91 Å². The molecule has 1 aliphatic rings. The molecule has 1 aliphatic heterocycles. The topological polar surface area (TPSA) is 105 Å². The van der Waals surface area contributed by atoms with Gasteiger partial charge in [0.05, 0.1) is 22.9 Å². The Kier molecular flexibility index (Phi) is 3.23. The molecule has 0 saturated carbocycles. The van der Waals surface area contributed by atoms with E-state index in [1.807, 2.05) is 6.07 Å². The first-order valence-corrected chi connectivity index (χ1v) is 7.29. The molecule has 3 rings (SSSR count). The van der Waals surface area contributed by atoms with Gasteiger partial charge in [-0.25, -0.2) is 4.98 Å². The van der Waals surface area contributed by atoms with Crippen LogP contribution in [-0.2, 0) is 0 Å². The highest BCUT2D eigenvalue weighted by Gasteiger charge is 2.23. The number of β-amino-alcohol motifs (C(OH)–C–C–N with tert-alkyl or cyclic N) is 1. The number of fused-ring (bicyclic) bond motifs is 1. The lowest BCUT2D eigenvalue weighted by Crippen LogP contribution is -2.38. The number of amides is 1. The zero-order valence-corrected chi connectivity index (χ0v) is 11.7. The van der Waals surface area contributed by atoms with Crippen molar-refractivity contribution in [2.75, 3.05) is 23.7 Å². The first-order valence-electron chi connectivity index (χ1n) is 6.47. The molecule has 7 heteroatoms. The molecule has 6 nitrogen and oxygen atoms in total. The summed E-state index contributed by atoms with van der Waals surface area (Å²) in [6.07, 6.45) is 3.11. The summed E-state index contributed by atoms with van der Waals surface area (Å²) in [5.74, 6) is -0.532. The van der Waals surface area contributed by atoms with Gasteiger partial charge in [0.15, 0.2) is 0 Å². The molecule has 106 valence electrons. The van der Waals surface area contributed by atoms with E-state index in [4.69, 9.17) is 11.5 Å². The van der Waals surface area contributed by atoms with E-state index in [9.17, 15) is 9.90 Å². The van der Waals surface area contributed by atoms with Gasteiger partial charge < -0.3 is 21.5 Å². The predicted molar refractivity (Wildman–Crippen MR) is 80.0 cm³/mol. The Hall–Kier alpha value is -1.86. The quantitative estimate of drug-likeness (QED) is 0.764. The first-order chi connectivity index (χ1) is 9.58. The van der Waals surface area contributed by atoms with Crippen LogP contribution < -0.4 is 16.4 Å². The second-order valence-corrected chi connectivity index (χ2v) is 5.96. The van der Waals surface area contributed by atoms with Crippen LogP contribution in [-0.4, -0.2) is 35.2 Å². The van der Waals surface area contributed by atoms with Crippen molar-refractivity contribution in [3.8, 4) is 0 Å². The number of rotatable bonds is 2. The standard InChI is InChI=1S/C13H16N4O2S/c14-10-9-8(17-5-1-2-7(18)6-17)3-4-16-13(9)20-11(10)12(15)19/h3-4,7,18H,1-2,5-6,14H2,(H2,15,19). The molecule has 0 spiro atoms. The fraction of sp³-hybridized carbons (Fsp3) is 0.385. The van der Waals surface area contributed by atoms with Crippen LogP contribution in [0.5, 0.6) is 0 Å². The third-order valence-corrected chi connectivity index (χ3v) is 4.70. The number of aliphatic hydroxyl groups excluding tert-OH is 1. The van der Waals surface area contributed by atoms with Crippen molar-refractivity contribution < 1.29 is 9.90 Å². The molecule has 0 radical (unpaired) electrons. The van der Waals surface area contributed by atoms with Gasteiger partial charge in [0.1, 0.15) is 9.71 Å². The number of hydrogen-bond donors (Lipinski definition) is 3. The molecule has 20 heavy (non-hydrogen) atoms. The molecule has 3 heterocycles. The second kappa shape index (κ2) is 4.92. The van der Waals surface area contributed by atoms with E-state index in [1.165, 1.54) is 11.3 Å². The van der Waals surface area contributed by atoms with Crippen molar-refractivity contribution in [1.29, 1.82) is 0 Å². The summed E-state index contributed by atoms with van der Waals surface area (Å²) in [5, 5.41) is 10.6. The fourth-order valence-corrected chi connectivity index (χ4v) is 3.58. The van der Waals surface area contributed by atoms with Crippen molar-refractivity contribution >= 4 is 38.8 Å². The molecule has 2 aromatic rings. The molecule has 1 amide bonds. The Labute approximate surface area is 120 Å². The number of carbonyl (C=O) groups excluding carboxylic acids is 1. The summed E-state index contributed by atoms with van der Waals surface area (Å²) in [6, 6.07) is 1.87. The van der Waals surface area contributed by atoms with E-state index in [0.717, 1.165) is 30.5 Å². The number of nitrogens with two attached hydrogens (primary N) is 2. The number of piperidine rings is 1. The zero-order chi connectivity index (χ0) is 14.3. The molecule has 1 fully saturated rings. The number of nitrogen functional groups attached to an aromatic ring is 1. The summed E-state index contributed by atoms with van der Waals surface area (Å²) in [5.41, 5.74) is 12.7. The van der Waals surface area contributed by atoms with Crippen LogP contribution in [0.2, 0.25) is 0 Å². The monoisotopic (exact) mass is 292 g/mol. The number of thiophene rings is 1. The highest BCUT2D eigenvalue weighted by Crippen LogP contribution is 2.39. The van der Waals surface area contributed by atoms with Crippen LogP contribution in [0.1, 0.15) is 22.5 Å². The maximum absolute atomic E-state index is 11.4. The normalized spacial score (nSPS) is 19.4. The van der Waals surface area contributed by atoms with Crippen LogP contribution in [0, 0.1) is 0 Å². The van der Waals surface area contributed by atoms with E-state index >= 15 is 0 Å². The van der Waals surface area contributed by atoms with Crippen LogP contribution in [0.4, 0.5) is 11.4 Å². The third-order valence-electron chi connectivity index (χ3n) is 3.57. The van der Waals surface area contributed by atoms with Gasteiger partial charge in [-0.15, -0.1) is 11.3 Å². The van der Waals surface area contributed by atoms with Crippen molar-refractivity contribution in [3.05, 3.63) is 17.1 Å². The Morgan fingerprint density at radius 1 is 1.55 bits per heavy atom. The van der Waals surface area contributed by atoms with Crippen LogP contribution in [0.3, 0.4) is 0 Å². The van der Waals surface area contributed by atoms with Gasteiger partial charge in [-0.05, 0) is 18.9 Å². The maximum atomic E-state index is 11.4. The van der Waals surface area contributed by atoms with Crippen molar-refractivity contribution in [1.82, 2.24) is 4.98 Å². The number of hydrogen-bond acceptors (Lipinski definition) is 6. The SMILES string of the molecule is NC(=O)c1sc2nccc(N3CCCC(O)C3)c2c1N. The highest BCUT2D eigenvalue weighted by molar-refractivity contribution is 7.21. The summed E-state index contributed by atoms with van der Waals surface area (Å²) < 4.78 is 0. The molecule has 1 saturated heterocycles. The molecule has 1 atom stereocenters. The molecule has 2 aromatic heterocycles. The first kappa shape index (κ1) is 13.1. The molecule has 0 bridgehead atoms. The van der Waals surface area contributed by atoms with E-state index in [1.54, 1.807) is 6.20 Å². The van der Waals surface area contributed by atoms with Crippen LogP contribution in [0.25, 0.3) is 10.2 Å². The van der Waals surface area contributed by atoms with Gasteiger partial charge in [-0.3, -0.25) is 4.79 Å². The van der Waals surface area contributed by atoms with Gasteiger partial charge in [0.25, 0.3) is 5.91 Å². The number of pyridine rings is 1. The summed E-state index contributed by atoms with van der Waals surface area (Å²) in [7, 11) is 0. The van der Waals surface area contributed by atoms with E-state index in [-0.39, 0.29) is 6.10 Å². The van der Waals surface area contributed by atoms with Crippen molar-refractivity contribution in [2.24, 2.45) is 5.73 Å². The minimum Gasteiger partial charge on any atom is -0.397 e. The van der Waals surface area contributed by atoms with Crippen molar-refractivity contribution in [2.45, 2.75) is 18.9 Å². The number of primary amides is 1. The molecule has 1 unspecified atom stereocenters. The number of aliphatic hydroxyl groups is 1. The Balaban J connectivity index is 2.13. The predicted octanol–water partition coefficient (Wildman–Crippen LogP) is 0.938. The number of carbonyl (C=O) groups is 1. The summed E-state index contributed by atoms with van der Waals surface area (Å²) in [4.78, 5) is 18.8. The summed E-state index contributed by atoms with van der Waals surface area (Å²) in [6.45, 7) is 1.43. The van der Waals surface area contributed by atoms with E-state index in [2.05, 4.69) is 9.88 Å². The number of anilines is 2. The average Bonchev–Trinajstić information content (AvgIpc) is 2.76. The minimum absolute atomic E-state index is 0.331. The molecule has 0 aromatic carbocycles. The average molecular weight is 292 g/mol. The molecule has 5 N–H and O–H groups in total. The molecular weight excluding hydrogens is 276 g/mol. The molecular formula is C13H16N4O2S. The lowest BCUT2D eigenvalue weighted by Gasteiger charge is -2.32. The zero-order valence-electron chi connectivity index (χ0n) is 10.9. The number of nitrogens with zero attached hydrogens (tertiary/aromatic N) is 2. The van der Waals surface area contributed by atoms with Crippen molar-refractivity contribution in [3.63, 3.8) is 0 Å². The Bertz CT molecular complexity index is 670. The fourth-order valence-electron chi connectivity index (χ4n) is 2.65. The summed E-state index contributed by atoms with van der Waals surface area (Å²) >= 11 is 1.21. The van der Waals surface area contributed by atoms with Gasteiger partial charge in [-0.2, -0.15) is 0 Å². The Morgan fingerprint density at radius 3 is 3.05 bits per heavy atom.